The summed E-state index contributed by atoms with van der Waals surface area (Å²) in [5, 5.41) is 0. The predicted octanol–water partition coefficient (Wildman–Crippen LogP) is 3.18. The molecule has 0 aromatic heterocycles. The zero-order valence-electron chi connectivity index (χ0n) is 16.0. The Kier molecular flexibility index (Phi) is 5.59. The Morgan fingerprint density at radius 3 is 2.50 bits per heavy atom. The quantitative estimate of drug-likeness (QED) is 0.754. The SMILES string of the molecule is O=C(C1CC1c1ccccc1-c1c(F)cccc1F)N1CC[C@H](NS(=O)(=O)CF)C1. The van der Waals surface area contributed by atoms with Crippen LogP contribution in [0.15, 0.2) is 42.5 Å². The van der Waals surface area contributed by atoms with E-state index in [1.54, 1.807) is 29.2 Å². The second-order valence-corrected chi connectivity index (χ2v) is 9.43. The van der Waals surface area contributed by atoms with Gasteiger partial charge >= 0.3 is 0 Å². The lowest BCUT2D eigenvalue weighted by molar-refractivity contribution is -0.131. The van der Waals surface area contributed by atoms with E-state index in [1.165, 1.54) is 18.2 Å². The van der Waals surface area contributed by atoms with Crippen molar-refractivity contribution in [2.75, 3.05) is 19.1 Å². The van der Waals surface area contributed by atoms with Gasteiger partial charge in [0.15, 0.2) is 0 Å². The molecular formula is C21H21F3N2O3S. The molecule has 1 aliphatic carbocycles. The predicted molar refractivity (Wildman–Crippen MR) is 106 cm³/mol. The summed E-state index contributed by atoms with van der Waals surface area (Å²) in [7, 11) is -3.98. The van der Waals surface area contributed by atoms with Crippen LogP contribution in [0, 0.1) is 17.6 Å². The summed E-state index contributed by atoms with van der Waals surface area (Å²) in [6.07, 6.45) is 0.975. The maximum Gasteiger partial charge on any atom is 0.241 e. The van der Waals surface area contributed by atoms with Crippen molar-refractivity contribution in [3.8, 4) is 11.1 Å². The average Bonchev–Trinajstić information content (AvgIpc) is 3.38. The van der Waals surface area contributed by atoms with Gasteiger partial charge in [0.25, 0.3) is 0 Å². The van der Waals surface area contributed by atoms with Crippen LogP contribution in [0.5, 0.6) is 0 Å². The minimum absolute atomic E-state index is 0.104. The maximum atomic E-state index is 14.3. The molecular weight excluding hydrogens is 417 g/mol. The number of hydrogen-bond acceptors (Lipinski definition) is 3. The molecule has 2 aromatic carbocycles. The highest BCUT2D eigenvalue weighted by Gasteiger charge is 2.48. The first kappa shape index (κ1) is 20.9. The van der Waals surface area contributed by atoms with Crippen molar-refractivity contribution in [3.63, 3.8) is 0 Å². The molecule has 30 heavy (non-hydrogen) atoms. The third-order valence-corrected chi connectivity index (χ3v) is 6.67. The lowest BCUT2D eigenvalue weighted by Crippen LogP contribution is -2.39. The van der Waals surface area contributed by atoms with Crippen molar-refractivity contribution in [3.05, 3.63) is 59.7 Å². The van der Waals surface area contributed by atoms with Gasteiger partial charge in [-0.2, -0.15) is 0 Å². The molecule has 2 aromatic rings. The summed E-state index contributed by atoms with van der Waals surface area (Å²) in [4.78, 5) is 14.5. The van der Waals surface area contributed by atoms with Crippen molar-refractivity contribution in [1.29, 1.82) is 0 Å². The summed E-state index contributed by atoms with van der Waals surface area (Å²) in [5.74, 6) is -1.92. The number of amides is 1. The molecule has 1 heterocycles. The molecule has 160 valence electrons. The molecule has 1 aliphatic heterocycles. The van der Waals surface area contributed by atoms with Crippen molar-refractivity contribution in [2.24, 2.45) is 5.92 Å². The van der Waals surface area contributed by atoms with Gasteiger partial charge in [-0.05, 0) is 42.0 Å². The Hall–Kier alpha value is -2.39. The number of rotatable bonds is 6. The normalized spacial score (nSPS) is 23.6. The van der Waals surface area contributed by atoms with Crippen LogP contribution in [-0.2, 0) is 14.8 Å². The number of hydrogen-bond donors (Lipinski definition) is 1. The van der Waals surface area contributed by atoms with E-state index in [0.29, 0.717) is 30.5 Å². The van der Waals surface area contributed by atoms with Crippen LogP contribution in [0.4, 0.5) is 13.2 Å². The molecule has 4 rings (SSSR count). The van der Waals surface area contributed by atoms with Gasteiger partial charge in [0.2, 0.25) is 21.9 Å². The highest BCUT2D eigenvalue weighted by molar-refractivity contribution is 7.89. The summed E-state index contributed by atoms with van der Waals surface area (Å²) in [6, 6.07) is 8.61. The molecule has 0 bridgehead atoms. The maximum absolute atomic E-state index is 14.3. The van der Waals surface area contributed by atoms with Gasteiger partial charge in [-0.3, -0.25) is 4.79 Å². The first-order chi connectivity index (χ1) is 14.3. The van der Waals surface area contributed by atoms with Crippen molar-refractivity contribution in [2.45, 2.75) is 24.8 Å². The number of carbonyl (C=O) groups is 1. The second kappa shape index (κ2) is 8.03. The molecule has 0 spiro atoms. The number of likely N-dealkylation sites (tertiary alicyclic amines) is 1. The van der Waals surface area contributed by atoms with Crippen LogP contribution in [0.1, 0.15) is 24.3 Å². The fraction of sp³-hybridized carbons (Fsp3) is 0.381. The van der Waals surface area contributed by atoms with E-state index < -0.39 is 33.7 Å². The molecule has 0 radical (unpaired) electrons. The zero-order valence-corrected chi connectivity index (χ0v) is 16.8. The smallest absolute Gasteiger partial charge is 0.241 e. The van der Waals surface area contributed by atoms with E-state index in [2.05, 4.69) is 4.72 Å². The highest BCUT2D eigenvalue weighted by atomic mass is 32.2. The van der Waals surface area contributed by atoms with E-state index >= 15 is 0 Å². The molecule has 2 aliphatic rings. The Labute approximate surface area is 172 Å². The lowest BCUT2D eigenvalue weighted by Gasteiger charge is -2.17. The largest absolute Gasteiger partial charge is 0.341 e. The van der Waals surface area contributed by atoms with E-state index in [1.807, 2.05) is 0 Å². The first-order valence-electron chi connectivity index (χ1n) is 9.69. The molecule has 2 fully saturated rings. The van der Waals surface area contributed by atoms with Crippen LogP contribution >= 0.6 is 0 Å². The van der Waals surface area contributed by atoms with Crippen molar-refractivity contribution in [1.82, 2.24) is 9.62 Å². The topological polar surface area (TPSA) is 66.5 Å². The van der Waals surface area contributed by atoms with Crippen molar-refractivity contribution < 1.29 is 26.4 Å². The van der Waals surface area contributed by atoms with Gasteiger partial charge in [0.1, 0.15) is 11.6 Å². The number of nitrogens with zero attached hydrogens (tertiary/aromatic N) is 1. The molecule has 3 atom stereocenters. The average molecular weight is 438 g/mol. The van der Waals surface area contributed by atoms with E-state index in [9.17, 15) is 26.4 Å². The minimum Gasteiger partial charge on any atom is -0.341 e. The molecule has 1 N–H and O–H groups in total. The van der Waals surface area contributed by atoms with Gasteiger partial charge in [0.05, 0.1) is 5.56 Å². The molecule has 1 saturated carbocycles. The first-order valence-corrected chi connectivity index (χ1v) is 11.3. The van der Waals surface area contributed by atoms with Crippen LogP contribution in [0.3, 0.4) is 0 Å². The third-order valence-electron chi connectivity index (χ3n) is 5.69. The van der Waals surface area contributed by atoms with Gasteiger partial charge in [-0.25, -0.2) is 26.3 Å². The molecule has 1 saturated heterocycles. The van der Waals surface area contributed by atoms with Gasteiger partial charge in [0, 0.05) is 25.0 Å². The number of benzene rings is 2. The molecule has 1 amide bonds. The number of alkyl halides is 1. The van der Waals surface area contributed by atoms with Gasteiger partial charge in [-0.1, -0.05) is 30.3 Å². The number of halogens is 3. The summed E-state index contributed by atoms with van der Waals surface area (Å²) < 4.78 is 66.2. The fourth-order valence-electron chi connectivity index (χ4n) is 4.19. The Morgan fingerprint density at radius 1 is 1.10 bits per heavy atom. The monoisotopic (exact) mass is 438 g/mol. The number of carbonyl (C=O) groups excluding carboxylic acids is 1. The standard InChI is InChI=1S/C21H21F3N2O3S/c22-12-30(28,29)25-13-8-9-26(11-13)21(27)17-10-16(17)14-4-1-2-5-15(14)20-18(23)6-3-7-19(20)24/h1-7,13,16-17,25H,8-12H2/t13-,16?,17?/m0/s1. The van der Waals surface area contributed by atoms with E-state index in [4.69, 9.17) is 0 Å². The summed E-state index contributed by atoms with van der Waals surface area (Å²) in [5.41, 5.74) is 1.05. The Balaban J connectivity index is 1.49. The van der Waals surface area contributed by atoms with E-state index in [-0.39, 0.29) is 29.9 Å². The molecule has 9 heteroatoms. The minimum atomic E-state index is -3.98. The van der Waals surface area contributed by atoms with Crippen LogP contribution in [0.25, 0.3) is 11.1 Å². The lowest BCUT2D eigenvalue weighted by atomic mass is 9.95. The van der Waals surface area contributed by atoms with Crippen molar-refractivity contribution >= 4 is 15.9 Å². The van der Waals surface area contributed by atoms with E-state index in [0.717, 1.165) is 0 Å². The fourth-order valence-corrected chi connectivity index (χ4v) is 4.95. The van der Waals surface area contributed by atoms with Crippen LogP contribution < -0.4 is 4.72 Å². The van der Waals surface area contributed by atoms with Crippen LogP contribution in [0.2, 0.25) is 0 Å². The summed E-state index contributed by atoms with van der Waals surface area (Å²) >= 11 is 0. The Morgan fingerprint density at radius 2 is 1.80 bits per heavy atom. The third kappa shape index (κ3) is 4.09. The second-order valence-electron chi connectivity index (χ2n) is 7.74. The number of nitrogens with one attached hydrogen (secondary N) is 1. The summed E-state index contributed by atoms with van der Waals surface area (Å²) in [6.45, 7) is 0.565. The highest BCUT2D eigenvalue weighted by Crippen LogP contribution is 2.51. The van der Waals surface area contributed by atoms with Gasteiger partial charge < -0.3 is 4.90 Å². The van der Waals surface area contributed by atoms with Gasteiger partial charge in [-0.15, -0.1) is 0 Å². The zero-order chi connectivity index (χ0) is 21.5. The van der Waals surface area contributed by atoms with Crippen LogP contribution in [-0.4, -0.2) is 44.4 Å². The molecule has 2 unspecified atom stereocenters. The molecule has 5 nitrogen and oxygen atoms in total. The number of sulfonamides is 1. The Bertz CT molecular complexity index is 1060.